The van der Waals surface area contributed by atoms with Crippen molar-refractivity contribution in [1.29, 1.82) is 0 Å². The molecule has 0 aliphatic rings. The molecule has 0 saturated carbocycles. The maximum atomic E-state index is 12.8. The van der Waals surface area contributed by atoms with Crippen LogP contribution in [-0.2, 0) is 13.1 Å². The van der Waals surface area contributed by atoms with Crippen LogP contribution in [0, 0.1) is 0 Å². The van der Waals surface area contributed by atoms with E-state index in [1.54, 1.807) is 0 Å². The summed E-state index contributed by atoms with van der Waals surface area (Å²) >= 11 is 0. The van der Waals surface area contributed by atoms with Gasteiger partial charge in [-0.2, -0.15) is 18.3 Å². The van der Waals surface area contributed by atoms with E-state index < -0.39 is 24.2 Å². The lowest BCUT2D eigenvalue weighted by atomic mass is 10.3. The number of aromatic nitrogens is 2. The molecule has 0 aliphatic carbocycles. The van der Waals surface area contributed by atoms with Gasteiger partial charge in [0.25, 0.3) is 11.5 Å². The Labute approximate surface area is 135 Å². The van der Waals surface area contributed by atoms with Crippen molar-refractivity contribution in [3.05, 3.63) is 52.3 Å². The monoisotopic (exact) mass is 343 g/mol. The minimum Gasteiger partial charge on any atom is -0.467 e. The zero-order valence-electron chi connectivity index (χ0n) is 12.9. The normalized spacial score (nSPS) is 11.5. The maximum Gasteiger partial charge on any atom is 0.406 e. The number of rotatable bonds is 6. The molecule has 0 atom stereocenters. The quantitative estimate of drug-likeness (QED) is 0.808. The van der Waals surface area contributed by atoms with E-state index in [2.05, 4.69) is 5.10 Å². The van der Waals surface area contributed by atoms with E-state index in [0.29, 0.717) is 11.3 Å². The van der Waals surface area contributed by atoms with Gasteiger partial charge in [-0.15, -0.1) is 0 Å². The molecule has 24 heavy (non-hydrogen) atoms. The first-order chi connectivity index (χ1) is 11.3. The highest BCUT2D eigenvalue weighted by molar-refractivity contribution is 5.92. The van der Waals surface area contributed by atoms with E-state index in [0.717, 1.165) is 16.8 Å². The fourth-order valence-corrected chi connectivity index (χ4v) is 2.10. The van der Waals surface area contributed by atoms with Gasteiger partial charge in [0.15, 0.2) is 0 Å². The van der Waals surface area contributed by atoms with E-state index in [9.17, 15) is 22.8 Å². The highest BCUT2D eigenvalue weighted by Gasteiger charge is 2.34. The van der Waals surface area contributed by atoms with Crippen molar-refractivity contribution in [1.82, 2.24) is 14.7 Å². The van der Waals surface area contributed by atoms with Crippen LogP contribution in [-0.4, -0.2) is 33.3 Å². The molecule has 0 saturated heterocycles. The van der Waals surface area contributed by atoms with Gasteiger partial charge in [0.05, 0.1) is 12.8 Å². The Hall–Kier alpha value is -2.58. The van der Waals surface area contributed by atoms with Crippen molar-refractivity contribution in [2.45, 2.75) is 32.6 Å². The van der Waals surface area contributed by atoms with E-state index in [4.69, 9.17) is 4.42 Å². The lowest BCUT2D eigenvalue weighted by molar-refractivity contribution is -0.142. The average Bonchev–Trinajstić information content (AvgIpc) is 3.00. The predicted octanol–water partition coefficient (Wildman–Crippen LogP) is 2.45. The van der Waals surface area contributed by atoms with Crippen molar-refractivity contribution in [2.75, 3.05) is 6.54 Å². The summed E-state index contributed by atoms with van der Waals surface area (Å²) < 4.78 is 44.4. The number of aryl methyl sites for hydroxylation is 1. The summed E-state index contributed by atoms with van der Waals surface area (Å²) in [4.78, 5) is 24.6. The number of furan rings is 1. The van der Waals surface area contributed by atoms with Gasteiger partial charge in [-0.05, 0) is 24.6 Å². The molecular formula is C15H16F3N3O3. The smallest absolute Gasteiger partial charge is 0.406 e. The number of carbonyl (C=O) groups excluding carboxylic acids is 1. The van der Waals surface area contributed by atoms with Gasteiger partial charge in [-0.3, -0.25) is 9.59 Å². The molecule has 0 unspecified atom stereocenters. The number of hydrogen-bond donors (Lipinski definition) is 0. The van der Waals surface area contributed by atoms with Gasteiger partial charge in [0.2, 0.25) is 0 Å². The molecule has 2 heterocycles. The van der Waals surface area contributed by atoms with Crippen molar-refractivity contribution < 1.29 is 22.4 Å². The van der Waals surface area contributed by atoms with E-state index in [-0.39, 0.29) is 24.5 Å². The minimum atomic E-state index is -4.57. The van der Waals surface area contributed by atoms with Gasteiger partial charge in [0.1, 0.15) is 18.0 Å². The molecule has 0 fully saturated rings. The Kier molecular flexibility index (Phi) is 5.42. The third kappa shape index (κ3) is 4.71. The number of halogens is 3. The Morgan fingerprint density at radius 1 is 1.33 bits per heavy atom. The number of hydrogen-bond acceptors (Lipinski definition) is 4. The second-order valence-corrected chi connectivity index (χ2v) is 5.14. The summed E-state index contributed by atoms with van der Waals surface area (Å²) in [6.45, 7) is 0.300. The minimum absolute atomic E-state index is 0.217. The van der Waals surface area contributed by atoms with Crippen molar-refractivity contribution >= 4 is 5.91 Å². The molecule has 0 radical (unpaired) electrons. The van der Waals surface area contributed by atoms with Crippen LogP contribution in [0.5, 0.6) is 0 Å². The summed E-state index contributed by atoms with van der Waals surface area (Å²) in [6.07, 6.45) is -2.66. The van der Waals surface area contributed by atoms with E-state index in [1.165, 1.54) is 18.4 Å². The SMILES string of the molecule is CCCn1nc(C(=O)N(Cc2ccco2)CC(F)(F)F)ccc1=O. The zero-order chi connectivity index (χ0) is 17.7. The molecule has 1 amide bonds. The lowest BCUT2D eigenvalue weighted by Gasteiger charge is -2.22. The predicted molar refractivity (Wildman–Crippen MR) is 78.3 cm³/mol. The molecule has 2 rings (SSSR count). The number of alkyl halides is 3. The first kappa shape index (κ1) is 17.8. The maximum absolute atomic E-state index is 12.8. The lowest BCUT2D eigenvalue weighted by Crippen LogP contribution is -2.39. The molecule has 0 bridgehead atoms. The molecule has 6 nitrogen and oxygen atoms in total. The highest BCUT2D eigenvalue weighted by atomic mass is 19.4. The molecule has 0 spiro atoms. The van der Waals surface area contributed by atoms with Crippen LogP contribution in [0.25, 0.3) is 0 Å². The average molecular weight is 343 g/mol. The van der Waals surface area contributed by atoms with Crippen LogP contribution in [0.4, 0.5) is 13.2 Å². The molecule has 2 aromatic rings. The first-order valence-electron chi connectivity index (χ1n) is 7.26. The summed E-state index contributed by atoms with van der Waals surface area (Å²) in [6, 6.07) is 5.24. The summed E-state index contributed by atoms with van der Waals surface area (Å²) in [5.41, 5.74) is -0.638. The van der Waals surface area contributed by atoms with Gasteiger partial charge >= 0.3 is 6.18 Å². The van der Waals surface area contributed by atoms with Crippen LogP contribution in [0.1, 0.15) is 29.6 Å². The second-order valence-electron chi connectivity index (χ2n) is 5.14. The summed E-state index contributed by atoms with van der Waals surface area (Å²) in [7, 11) is 0. The molecule has 0 N–H and O–H groups in total. The van der Waals surface area contributed by atoms with Crippen LogP contribution in [0.15, 0.2) is 39.7 Å². The molecular weight excluding hydrogens is 327 g/mol. The van der Waals surface area contributed by atoms with E-state index >= 15 is 0 Å². The molecule has 0 aromatic carbocycles. The Balaban J connectivity index is 2.29. The molecule has 2 aromatic heterocycles. The van der Waals surface area contributed by atoms with E-state index in [1.807, 2.05) is 6.92 Å². The first-order valence-corrected chi connectivity index (χ1v) is 7.26. The van der Waals surface area contributed by atoms with Crippen LogP contribution in [0.3, 0.4) is 0 Å². The van der Waals surface area contributed by atoms with Crippen molar-refractivity contribution in [3.63, 3.8) is 0 Å². The van der Waals surface area contributed by atoms with Gasteiger partial charge < -0.3 is 9.32 Å². The Morgan fingerprint density at radius 2 is 2.08 bits per heavy atom. The van der Waals surface area contributed by atoms with Crippen LogP contribution < -0.4 is 5.56 Å². The third-order valence-electron chi connectivity index (χ3n) is 3.11. The third-order valence-corrected chi connectivity index (χ3v) is 3.11. The molecule has 130 valence electrons. The molecule has 0 aliphatic heterocycles. The number of amides is 1. The largest absolute Gasteiger partial charge is 0.467 e. The highest BCUT2D eigenvalue weighted by Crippen LogP contribution is 2.19. The van der Waals surface area contributed by atoms with Gasteiger partial charge in [-0.1, -0.05) is 6.92 Å². The van der Waals surface area contributed by atoms with Gasteiger partial charge in [0, 0.05) is 12.6 Å². The molecule has 9 heteroatoms. The fourth-order valence-electron chi connectivity index (χ4n) is 2.10. The van der Waals surface area contributed by atoms with Crippen LogP contribution in [0.2, 0.25) is 0 Å². The van der Waals surface area contributed by atoms with Gasteiger partial charge in [-0.25, -0.2) is 4.68 Å². The Bertz CT molecular complexity index is 738. The fraction of sp³-hybridized carbons (Fsp3) is 0.400. The van der Waals surface area contributed by atoms with Crippen molar-refractivity contribution in [2.24, 2.45) is 0 Å². The summed E-state index contributed by atoms with van der Waals surface area (Å²) in [5, 5.41) is 3.86. The van der Waals surface area contributed by atoms with Crippen molar-refractivity contribution in [3.8, 4) is 0 Å². The number of carbonyl (C=O) groups is 1. The zero-order valence-corrected chi connectivity index (χ0v) is 12.9. The summed E-state index contributed by atoms with van der Waals surface area (Å²) in [5.74, 6) is -0.706. The standard InChI is InChI=1S/C15H16F3N3O3/c1-2-7-21-13(22)6-5-12(19-21)14(23)20(10-15(16,17)18)9-11-4-3-8-24-11/h3-6,8H,2,7,9-10H2,1H3. The topological polar surface area (TPSA) is 68.3 Å². The van der Waals surface area contributed by atoms with Crippen LogP contribution >= 0.6 is 0 Å². The number of nitrogens with zero attached hydrogens (tertiary/aromatic N) is 3. The second kappa shape index (κ2) is 7.33. The Morgan fingerprint density at radius 3 is 2.67 bits per heavy atom.